The second kappa shape index (κ2) is 16.7. The molecule has 0 N–H and O–H groups in total. The van der Waals surface area contributed by atoms with Gasteiger partial charge in [-0.3, -0.25) is 0 Å². The molecule has 11 rings (SSSR count). The zero-order valence-electron chi connectivity index (χ0n) is 38.2. The number of aryl methyl sites for hydroxylation is 4. The molecule has 0 aromatic heterocycles. The van der Waals surface area contributed by atoms with Crippen LogP contribution in [0.2, 0.25) is 0 Å². The highest BCUT2D eigenvalue weighted by molar-refractivity contribution is 6.94. The number of nitrogens with zero attached hydrogens (tertiary/aromatic N) is 2. The van der Waals surface area contributed by atoms with E-state index in [9.17, 15) is 0 Å². The van der Waals surface area contributed by atoms with Crippen LogP contribution in [0.25, 0.3) is 33.4 Å². The van der Waals surface area contributed by atoms with Crippen LogP contribution >= 0.6 is 0 Å². The molecule has 3 aliphatic heterocycles. The number of hydrogen-bond donors (Lipinski definition) is 0. The number of fused-ring (bicyclic) bond motifs is 8. The van der Waals surface area contributed by atoms with E-state index in [1.807, 2.05) is 14.2 Å². The lowest BCUT2D eigenvalue weighted by Crippen LogP contribution is -2.63. The fraction of sp³-hybridized carbons (Fsp3) is 0.133. The molecule has 66 heavy (non-hydrogen) atoms. The Morgan fingerprint density at radius 2 is 0.712 bits per heavy atom. The van der Waals surface area contributed by atoms with Gasteiger partial charge in [0.1, 0.15) is 12.2 Å². The van der Waals surface area contributed by atoms with Gasteiger partial charge in [-0.15, -0.1) is 0 Å². The lowest BCUT2D eigenvalue weighted by molar-refractivity contribution is 0.143. The van der Waals surface area contributed by atoms with Crippen LogP contribution in [-0.4, -0.2) is 35.0 Å². The molecule has 0 fully saturated rings. The first-order chi connectivity index (χ1) is 32.3. The Morgan fingerprint density at radius 1 is 0.394 bits per heavy atom. The molecule has 3 aliphatic rings. The number of anilines is 6. The van der Waals surface area contributed by atoms with Gasteiger partial charge in [0.2, 0.25) is 0 Å². The smallest absolute Gasteiger partial charge is 0.391 e. The van der Waals surface area contributed by atoms with Gasteiger partial charge < -0.3 is 23.4 Å². The lowest BCUT2D eigenvalue weighted by Gasteiger charge is -2.32. The zero-order valence-corrected chi connectivity index (χ0v) is 39.2. The Morgan fingerprint density at radius 3 is 1.02 bits per heavy atom. The van der Waals surface area contributed by atoms with Crippen LogP contribution in [0.1, 0.15) is 33.4 Å². The minimum Gasteiger partial charge on any atom is -0.391 e. The van der Waals surface area contributed by atoms with E-state index in [0.717, 1.165) is 66.8 Å². The van der Waals surface area contributed by atoms with Crippen molar-refractivity contribution < 1.29 is 13.6 Å². The molecule has 0 radical (unpaired) electrons. The number of para-hydroxylation sites is 4. The average Bonchev–Trinajstić information content (AvgIpc) is 3.94. The molecular weight excluding hydrogens is 825 g/mol. The van der Waals surface area contributed by atoms with Crippen molar-refractivity contribution in [3.05, 3.63) is 228 Å². The van der Waals surface area contributed by atoms with Crippen molar-refractivity contribution in [3.8, 4) is 22.3 Å². The van der Waals surface area contributed by atoms with Crippen molar-refractivity contribution in [1.82, 2.24) is 0 Å². The maximum atomic E-state index is 6.93. The van der Waals surface area contributed by atoms with Gasteiger partial charge in [0, 0.05) is 58.7 Å². The number of benzene rings is 8. The summed E-state index contributed by atoms with van der Waals surface area (Å²) in [4.78, 5) is 4.67. The van der Waals surface area contributed by atoms with E-state index in [1.54, 1.807) is 0 Å². The Bertz CT molecular complexity index is 2860. The highest BCUT2D eigenvalue weighted by atomic mass is 28.4. The first-order valence-electron chi connectivity index (χ1n) is 22.8. The van der Waals surface area contributed by atoms with E-state index in [4.69, 9.17) is 13.6 Å². The van der Waals surface area contributed by atoms with Gasteiger partial charge in [-0.1, -0.05) is 109 Å². The molecule has 8 aromatic carbocycles. The van der Waals surface area contributed by atoms with Crippen LogP contribution < -0.4 is 20.2 Å². The summed E-state index contributed by atoms with van der Waals surface area (Å²) in [6, 6.07) is 65.6. The topological polar surface area (TPSA) is 34.2 Å². The normalized spacial score (nSPS) is 16.4. The maximum absolute atomic E-state index is 6.93. The lowest BCUT2D eigenvalue weighted by atomic mass is 9.85. The van der Waals surface area contributed by atoms with E-state index in [0.29, 0.717) is 0 Å². The Hall–Kier alpha value is -7.06. The van der Waals surface area contributed by atoms with Crippen molar-refractivity contribution in [1.29, 1.82) is 0 Å². The molecule has 8 aromatic rings. The summed E-state index contributed by atoms with van der Waals surface area (Å²) in [6.07, 6.45) is 4.15. The van der Waals surface area contributed by atoms with Gasteiger partial charge in [-0.25, -0.2) is 0 Å². The first kappa shape index (κ1) is 41.6. The molecule has 5 nitrogen and oxygen atoms in total. The van der Waals surface area contributed by atoms with Crippen molar-refractivity contribution in [2.45, 2.75) is 39.9 Å². The molecule has 0 amide bonds. The third kappa shape index (κ3) is 6.79. The summed E-state index contributed by atoms with van der Waals surface area (Å²) in [7, 11) is 0.278. The minimum atomic E-state index is -3.39. The van der Waals surface area contributed by atoms with Gasteiger partial charge in [0.05, 0.1) is 0 Å². The van der Waals surface area contributed by atoms with Gasteiger partial charge >= 0.3 is 8.56 Å². The van der Waals surface area contributed by atoms with Crippen LogP contribution in [0, 0.1) is 27.7 Å². The molecule has 324 valence electrons. The van der Waals surface area contributed by atoms with Gasteiger partial charge in [-0.05, 0) is 179 Å². The summed E-state index contributed by atoms with van der Waals surface area (Å²) < 4.78 is 20.6. The van der Waals surface area contributed by atoms with Crippen molar-refractivity contribution >= 4 is 64.2 Å². The van der Waals surface area contributed by atoms with E-state index < -0.39 is 8.56 Å². The van der Waals surface area contributed by atoms with E-state index in [-0.39, 0.29) is 12.2 Å². The van der Waals surface area contributed by atoms with Crippen LogP contribution in [0.3, 0.4) is 0 Å². The van der Waals surface area contributed by atoms with E-state index >= 15 is 0 Å². The highest BCUT2D eigenvalue weighted by Gasteiger charge is 2.51. The van der Waals surface area contributed by atoms with E-state index in [1.165, 1.54) is 44.5 Å². The summed E-state index contributed by atoms with van der Waals surface area (Å²) in [5, 5.41) is 2.20. The minimum absolute atomic E-state index is 0.139. The molecular formula is C60H52N2O3Si. The third-order valence-corrected chi connectivity index (χ3v) is 17.1. The molecule has 2 bridgehead atoms. The maximum Gasteiger partial charge on any atom is 0.407 e. The molecule has 0 saturated carbocycles. The van der Waals surface area contributed by atoms with Crippen LogP contribution in [0.4, 0.5) is 34.1 Å². The Balaban J connectivity index is 1.06. The average molecular weight is 877 g/mol. The summed E-state index contributed by atoms with van der Waals surface area (Å²) in [5.41, 5.74) is 20.9. The second-order valence-electron chi connectivity index (χ2n) is 17.7. The molecule has 2 unspecified atom stereocenters. The fourth-order valence-electron chi connectivity index (χ4n) is 11.0. The fourth-order valence-corrected chi connectivity index (χ4v) is 14.2. The van der Waals surface area contributed by atoms with Gasteiger partial charge in [0.15, 0.2) is 0 Å². The molecule has 0 spiro atoms. The summed E-state index contributed by atoms with van der Waals surface area (Å²) >= 11 is 0. The Labute approximate surface area is 389 Å². The number of hydrogen-bond acceptors (Lipinski definition) is 5. The first-order valence-corrected chi connectivity index (χ1v) is 24.6. The summed E-state index contributed by atoms with van der Waals surface area (Å²) in [6.45, 7) is 8.92. The standard InChI is InChI=1S/C60H52N2O3Si/c1-39-33-49(61(45-19-11-7-12-20-45)46-21-13-8-14-22-46)34-40(2)57(39)43-27-29-51-55(37-43)66(63-5,64-6)56-38-44(28-30-52(56)60-54-32-31-53(65-54)59(51)60)58-41(3)35-50(36-42(58)4)62(47-23-15-9-16-24-47)48-25-17-10-18-26-48/h7-38,53-54H,1-6H3. The summed E-state index contributed by atoms with van der Waals surface area (Å²) in [5.74, 6) is 0. The SMILES string of the molecule is CO[Si]1(OC)c2cc(-c3c(C)cc(N(c4ccccc4)c4ccccc4)cc3C)ccc2C2=C(c3ccc(-c4c(C)cc(N(c5ccccc5)c5ccccc5)cc4C)cc31)C1C=CC2O1. The zero-order chi connectivity index (χ0) is 45.1. The predicted octanol–water partition coefficient (Wildman–Crippen LogP) is 13.6. The molecule has 0 saturated heterocycles. The van der Waals surface area contributed by atoms with Gasteiger partial charge in [0.25, 0.3) is 0 Å². The number of ether oxygens (including phenoxy) is 1. The molecule has 3 heterocycles. The Kier molecular flexibility index (Phi) is 10.6. The molecule has 6 heteroatoms. The van der Waals surface area contributed by atoms with Crippen molar-refractivity contribution in [2.24, 2.45) is 0 Å². The number of rotatable bonds is 10. The van der Waals surface area contributed by atoms with E-state index in [2.05, 4.69) is 232 Å². The molecule has 2 atom stereocenters. The molecule has 0 aliphatic carbocycles. The monoisotopic (exact) mass is 876 g/mol. The van der Waals surface area contributed by atoms with Crippen molar-refractivity contribution in [3.63, 3.8) is 0 Å². The van der Waals surface area contributed by atoms with Crippen LogP contribution in [0.5, 0.6) is 0 Å². The quantitative estimate of drug-likeness (QED) is 0.101. The van der Waals surface area contributed by atoms with Crippen LogP contribution in [-0.2, 0) is 13.6 Å². The van der Waals surface area contributed by atoms with Crippen molar-refractivity contribution in [2.75, 3.05) is 24.0 Å². The van der Waals surface area contributed by atoms with Gasteiger partial charge in [-0.2, -0.15) is 0 Å². The largest absolute Gasteiger partial charge is 0.407 e. The second-order valence-corrected chi connectivity index (χ2v) is 20.8. The van der Waals surface area contributed by atoms with Crippen LogP contribution in [0.15, 0.2) is 194 Å². The predicted molar refractivity (Wildman–Crippen MR) is 276 cm³/mol. The highest BCUT2D eigenvalue weighted by Crippen LogP contribution is 2.48. The third-order valence-electron chi connectivity index (χ3n) is 13.7.